The number of benzene rings is 4. The van der Waals surface area contributed by atoms with Crippen LogP contribution < -0.4 is 10.1 Å². The molecular formula is C33H29F3N2O2. The first-order valence-corrected chi connectivity index (χ1v) is 13.0. The first-order valence-electron chi connectivity index (χ1n) is 13.0. The SMILES string of the molecule is Cc1c(C)n(Cc2ccc(-c3ccccc3)cc2)c2ccc(C(=O)N[C@@H](C)c3ccc(OC(F)(F)F)cc3)cc12. The second-order valence-electron chi connectivity index (χ2n) is 9.90. The van der Waals surface area contributed by atoms with Gasteiger partial charge in [0, 0.05) is 28.7 Å². The van der Waals surface area contributed by atoms with E-state index in [0.717, 1.165) is 22.2 Å². The molecule has 0 bridgehead atoms. The first kappa shape index (κ1) is 27.1. The summed E-state index contributed by atoms with van der Waals surface area (Å²) in [4.78, 5) is 13.1. The van der Waals surface area contributed by atoms with Crippen molar-refractivity contribution in [1.29, 1.82) is 0 Å². The van der Waals surface area contributed by atoms with E-state index in [2.05, 4.69) is 64.9 Å². The Labute approximate surface area is 231 Å². The van der Waals surface area contributed by atoms with Gasteiger partial charge in [0.1, 0.15) is 5.75 Å². The van der Waals surface area contributed by atoms with Gasteiger partial charge in [-0.3, -0.25) is 4.79 Å². The molecule has 0 aliphatic heterocycles. The Morgan fingerprint density at radius 3 is 2.17 bits per heavy atom. The first-order chi connectivity index (χ1) is 19.1. The molecule has 5 rings (SSSR count). The van der Waals surface area contributed by atoms with Gasteiger partial charge in [-0.05, 0) is 78.9 Å². The van der Waals surface area contributed by atoms with Crippen LogP contribution in [0.1, 0.15) is 45.7 Å². The van der Waals surface area contributed by atoms with E-state index in [9.17, 15) is 18.0 Å². The zero-order valence-corrected chi connectivity index (χ0v) is 22.4. The van der Waals surface area contributed by atoms with E-state index in [1.165, 1.54) is 41.0 Å². The smallest absolute Gasteiger partial charge is 0.406 e. The largest absolute Gasteiger partial charge is 0.573 e. The molecule has 1 N–H and O–H groups in total. The Morgan fingerprint density at radius 1 is 0.875 bits per heavy atom. The number of alkyl halides is 3. The van der Waals surface area contributed by atoms with Crippen LogP contribution in [0.3, 0.4) is 0 Å². The monoisotopic (exact) mass is 542 g/mol. The van der Waals surface area contributed by atoms with Crippen molar-refractivity contribution in [2.75, 3.05) is 0 Å². The molecule has 1 amide bonds. The van der Waals surface area contributed by atoms with Gasteiger partial charge in [-0.15, -0.1) is 13.2 Å². The zero-order valence-electron chi connectivity index (χ0n) is 22.4. The minimum absolute atomic E-state index is 0.258. The molecular weight excluding hydrogens is 513 g/mol. The highest BCUT2D eigenvalue weighted by molar-refractivity contribution is 5.99. The third-order valence-corrected chi connectivity index (χ3v) is 7.26. The van der Waals surface area contributed by atoms with Crippen molar-refractivity contribution in [2.24, 2.45) is 0 Å². The average molecular weight is 543 g/mol. The standard InChI is InChI=1S/C33H29F3N2O2/c1-21-23(3)38(20-24-9-11-27(12-10-24)26-7-5-4-6-8-26)31-18-15-28(19-30(21)31)32(39)37-22(2)25-13-16-29(17-14-25)40-33(34,35)36/h4-19,22H,20H2,1-3H3,(H,37,39)/t22-/m0/s1. The summed E-state index contributed by atoms with van der Waals surface area (Å²) in [7, 11) is 0. The summed E-state index contributed by atoms with van der Waals surface area (Å²) in [5.74, 6) is -0.561. The molecule has 0 fully saturated rings. The summed E-state index contributed by atoms with van der Waals surface area (Å²) in [6.45, 7) is 6.63. The van der Waals surface area contributed by atoms with Gasteiger partial charge in [-0.1, -0.05) is 66.7 Å². The molecule has 0 saturated heterocycles. The normalized spacial score (nSPS) is 12.3. The fourth-order valence-corrected chi connectivity index (χ4v) is 4.93. The van der Waals surface area contributed by atoms with Crippen molar-refractivity contribution >= 4 is 16.8 Å². The average Bonchev–Trinajstić information content (AvgIpc) is 3.17. The van der Waals surface area contributed by atoms with Crippen LogP contribution >= 0.6 is 0 Å². The van der Waals surface area contributed by atoms with Gasteiger partial charge in [-0.2, -0.15) is 0 Å². The van der Waals surface area contributed by atoms with Crippen LogP contribution in [0.2, 0.25) is 0 Å². The van der Waals surface area contributed by atoms with Gasteiger partial charge in [0.05, 0.1) is 6.04 Å². The highest BCUT2D eigenvalue weighted by Gasteiger charge is 2.31. The Balaban J connectivity index is 1.32. The maximum atomic E-state index is 13.1. The number of carbonyl (C=O) groups is 1. The molecule has 0 aliphatic rings. The van der Waals surface area contributed by atoms with Gasteiger partial charge in [0.25, 0.3) is 5.91 Å². The Kier molecular flexibility index (Phi) is 7.39. The van der Waals surface area contributed by atoms with Crippen LogP contribution in [-0.4, -0.2) is 16.8 Å². The van der Waals surface area contributed by atoms with Gasteiger partial charge < -0.3 is 14.6 Å². The fraction of sp³-hybridized carbons (Fsp3) is 0.182. The molecule has 1 atom stereocenters. The molecule has 40 heavy (non-hydrogen) atoms. The third-order valence-electron chi connectivity index (χ3n) is 7.26. The van der Waals surface area contributed by atoms with Crippen LogP contribution in [0.5, 0.6) is 5.75 Å². The van der Waals surface area contributed by atoms with Gasteiger partial charge >= 0.3 is 6.36 Å². The molecule has 1 aromatic heterocycles. The highest BCUT2D eigenvalue weighted by Crippen LogP contribution is 2.29. The summed E-state index contributed by atoms with van der Waals surface area (Å²) in [5, 5.41) is 3.94. The Hall–Kier alpha value is -4.52. The fourth-order valence-electron chi connectivity index (χ4n) is 4.93. The molecule has 0 aliphatic carbocycles. The number of amides is 1. The molecule has 4 nitrogen and oxygen atoms in total. The number of carbonyl (C=O) groups excluding carboxylic acids is 1. The summed E-state index contributed by atoms with van der Waals surface area (Å²) in [6, 6.07) is 29.6. The summed E-state index contributed by atoms with van der Waals surface area (Å²) < 4.78 is 43.5. The minimum atomic E-state index is -4.75. The van der Waals surface area contributed by atoms with Gasteiger partial charge in [0.15, 0.2) is 0 Å². The number of hydrogen-bond donors (Lipinski definition) is 1. The second-order valence-corrected chi connectivity index (χ2v) is 9.90. The summed E-state index contributed by atoms with van der Waals surface area (Å²) in [6.07, 6.45) is -4.75. The number of nitrogens with zero attached hydrogens (tertiary/aromatic N) is 1. The molecule has 7 heteroatoms. The molecule has 1 heterocycles. The zero-order chi connectivity index (χ0) is 28.4. The van der Waals surface area contributed by atoms with E-state index >= 15 is 0 Å². The van der Waals surface area contributed by atoms with Crippen molar-refractivity contribution in [2.45, 2.75) is 39.7 Å². The van der Waals surface area contributed by atoms with Crippen LogP contribution in [-0.2, 0) is 6.54 Å². The summed E-state index contributed by atoms with van der Waals surface area (Å²) >= 11 is 0. The maximum Gasteiger partial charge on any atom is 0.573 e. The molecule has 0 unspecified atom stereocenters. The lowest BCUT2D eigenvalue weighted by molar-refractivity contribution is -0.274. The Bertz CT molecular complexity index is 1640. The molecule has 0 saturated carbocycles. The lowest BCUT2D eigenvalue weighted by atomic mass is 10.0. The lowest BCUT2D eigenvalue weighted by Crippen LogP contribution is -2.26. The lowest BCUT2D eigenvalue weighted by Gasteiger charge is -2.16. The van der Waals surface area contributed by atoms with E-state index in [1.807, 2.05) is 30.3 Å². The van der Waals surface area contributed by atoms with E-state index in [1.54, 1.807) is 13.0 Å². The van der Waals surface area contributed by atoms with Crippen molar-refractivity contribution in [3.63, 3.8) is 0 Å². The van der Waals surface area contributed by atoms with Crippen molar-refractivity contribution < 1.29 is 22.7 Å². The quantitative estimate of drug-likeness (QED) is 0.225. The number of ether oxygens (including phenoxy) is 1. The topological polar surface area (TPSA) is 43.3 Å². The Morgan fingerprint density at radius 2 is 1.52 bits per heavy atom. The van der Waals surface area contributed by atoms with Crippen LogP contribution in [0, 0.1) is 13.8 Å². The molecule has 0 spiro atoms. The van der Waals surface area contributed by atoms with E-state index in [4.69, 9.17) is 0 Å². The number of rotatable bonds is 7. The molecule has 4 aromatic carbocycles. The van der Waals surface area contributed by atoms with Crippen molar-refractivity contribution in [3.05, 3.63) is 125 Å². The minimum Gasteiger partial charge on any atom is -0.406 e. The number of aromatic nitrogens is 1. The number of halogens is 3. The second kappa shape index (κ2) is 10.9. The number of fused-ring (bicyclic) bond motifs is 1. The third kappa shape index (κ3) is 5.88. The van der Waals surface area contributed by atoms with Crippen LogP contribution in [0.4, 0.5) is 13.2 Å². The van der Waals surface area contributed by atoms with Gasteiger partial charge in [-0.25, -0.2) is 0 Å². The van der Waals surface area contributed by atoms with E-state index < -0.39 is 12.4 Å². The number of hydrogen-bond acceptors (Lipinski definition) is 2. The van der Waals surface area contributed by atoms with Crippen molar-refractivity contribution in [1.82, 2.24) is 9.88 Å². The maximum absolute atomic E-state index is 13.1. The summed E-state index contributed by atoms with van der Waals surface area (Å²) in [5.41, 5.74) is 8.01. The molecule has 5 aromatic rings. The predicted molar refractivity (Wildman–Crippen MR) is 151 cm³/mol. The number of nitrogens with one attached hydrogen (secondary N) is 1. The van der Waals surface area contributed by atoms with Gasteiger partial charge in [0.2, 0.25) is 0 Å². The predicted octanol–water partition coefficient (Wildman–Crippen LogP) is 8.36. The van der Waals surface area contributed by atoms with E-state index in [0.29, 0.717) is 17.7 Å². The van der Waals surface area contributed by atoms with Crippen LogP contribution in [0.25, 0.3) is 22.0 Å². The molecule has 0 radical (unpaired) electrons. The van der Waals surface area contributed by atoms with E-state index in [-0.39, 0.29) is 11.7 Å². The van der Waals surface area contributed by atoms with Crippen LogP contribution in [0.15, 0.2) is 97.1 Å². The van der Waals surface area contributed by atoms with Crippen molar-refractivity contribution in [3.8, 4) is 16.9 Å². The molecule has 204 valence electrons. The number of aryl methyl sites for hydroxylation is 1. The highest BCUT2D eigenvalue weighted by atomic mass is 19.4.